The van der Waals surface area contributed by atoms with Gasteiger partial charge in [-0.25, -0.2) is 9.29 Å². The Bertz CT molecular complexity index is 959. The van der Waals surface area contributed by atoms with E-state index < -0.39 is 6.04 Å². The van der Waals surface area contributed by atoms with Crippen molar-refractivity contribution >= 4 is 23.2 Å². The maximum absolute atomic E-state index is 14.1. The van der Waals surface area contributed by atoms with E-state index in [1.54, 1.807) is 37.4 Å². The number of rotatable bonds is 5. The van der Waals surface area contributed by atoms with Crippen LogP contribution in [0.1, 0.15) is 6.42 Å². The lowest BCUT2D eigenvalue weighted by Gasteiger charge is -2.35. The maximum Gasteiger partial charge on any atom is 0.292 e. The molecular formula is C22H25FN3O4+. The topological polar surface area (TPSA) is 63.5 Å². The Morgan fingerprint density at radius 3 is 2.40 bits per heavy atom. The molecule has 2 amide bonds. The third-order valence-corrected chi connectivity index (χ3v) is 5.87. The Labute approximate surface area is 174 Å². The fraction of sp³-hybridized carbons (Fsp3) is 0.364. The van der Waals surface area contributed by atoms with E-state index in [0.29, 0.717) is 49.1 Å². The number of amides is 2. The third-order valence-electron chi connectivity index (χ3n) is 5.87. The fourth-order valence-corrected chi connectivity index (χ4v) is 4.27. The van der Waals surface area contributed by atoms with Gasteiger partial charge in [0.2, 0.25) is 5.91 Å². The molecule has 30 heavy (non-hydrogen) atoms. The first-order chi connectivity index (χ1) is 14.5. The van der Waals surface area contributed by atoms with Gasteiger partial charge in [-0.15, -0.1) is 0 Å². The first-order valence-electron chi connectivity index (χ1n) is 9.96. The van der Waals surface area contributed by atoms with Crippen LogP contribution >= 0.6 is 0 Å². The van der Waals surface area contributed by atoms with E-state index in [0.717, 1.165) is 4.90 Å². The molecule has 4 rings (SSSR count). The fourth-order valence-electron chi connectivity index (χ4n) is 4.27. The minimum Gasteiger partial charge on any atom is -0.497 e. The second-order valence-corrected chi connectivity index (χ2v) is 7.46. The normalized spacial score (nSPS) is 20.0. The minimum atomic E-state index is -0.438. The number of carbonyl (C=O) groups excluding carboxylic acids is 2. The SMILES string of the molecule is COc1ccc(N2C(=O)C[C@@H]([NH+]3CCN(c4ccccc4F)CC3)C2=O)c(OC)c1. The molecule has 0 radical (unpaired) electrons. The number of anilines is 2. The average Bonchev–Trinajstić information content (AvgIpc) is 3.07. The van der Waals surface area contributed by atoms with Gasteiger partial charge in [-0.3, -0.25) is 9.59 Å². The summed E-state index contributed by atoms with van der Waals surface area (Å²) in [6.07, 6.45) is 0.156. The third kappa shape index (κ3) is 3.59. The summed E-state index contributed by atoms with van der Waals surface area (Å²) < 4.78 is 24.6. The van der Waals surface area contributed by atoms with Crippen LogP contribution in [-0.4, -0.2) is 58.3 Å². The van der Waals surface area contributed by atoms with Gasteiger partial charge >= 0.3 is 0 Å². The van der Waals surface area contributed by atoms with Gasteiger partial charge in [0.15, 0.2) is 6.04 Å². The molecule has 2 heterocycles. The number of piperazine rings is 1. The van der Waals surface area contributed by atoms with Crippen LogP contribution in [0.3, 0.4) is 0 Å². The van der Waals surface area contributed by atoms with E-state index in [2.05, 4.69) is 0 Å². The molecule has 2 aliphatic rings. The van der Waals surface area contributed by atoms with Crippen molar-refractivity contribution in [2.75, 3.05) is 50.2 Å². The highest BCUT2D eigenvalue weighted by molar-refractivity contribution is 6.22. The Balaban J connectivity index is 1.48. The number of benzene rings is 2. The van der Waals surface area contributed by atoms with Gasteiger partial charge in [0.1, 0.15) is 17.3 Å². The lowest BCUT2D eigenvalue weighted by atomic mass is 10.1. The molecule has 0 saturated carbocycles. The summed E-state index contributed by atoms with van der Waals surface area (Å²) in [6, 6.07) is 11.3. The van der Waals surface area contributed by atoms with Crippen LogP contribution in [0.25, 0.3) is 0 Å². The van der Waals surface area contributed by atoms with Crippen molar-refractivity contribution in [2.45, 2.75) is 12.5 Å². The second kappa shape index (κ2) is 8.31. The van der Waals surface area contributed by atoms with Gasteiger partial charge in [0.25, 0.3) is 5.91 Å². The molecule has 2 saturated heterocycles. The molecule has 0 aromatic heterocycles. The van der Waals surface area contributed by atoms with Crippen LogP contribution in [0.2, 0.25) is 0 Å². The van der Waals surface area contributed by atoms with Crippen LogP contribution < -0.4 is 24.2 Å². The number of quaternary nitrogens is 1. The molecule has 2 aliphatic heterocycles. The molecule has 2 aromatic rings. The van der Waals surface area contributed by atoms with E-state index in [1.165, 1.54) is 18.1 Å². The lowest BCUT2D eigenvalue weighted by molar-refractivity contribution is -0.915. The summed E-state index contributed by atoms with van der Waals surface area (Å²) >= 11 is 0. The Kier molecular flexibility index (Phi) is 5.59. The lowest BCUT2D eigenvalue weighted by Crippen LogP contribution is -3.19. The van der Waals surface area contributed by atoms with Crippen molar-refractivity contribution in [1.29, 1.82) is 0 Å². The Morgan fingerprint density at radius 2 is 1.73 bits per heavy atom. The number of methoxy groups -OCH3 is 2. The Hall–Kier alpha value is -3.13. The first kappa shape index (κ1) is 20.2. The van der Waals surface area contributed by atoms with Gasteiger partial charge in [0, 0.05) is 6.07 Å². The van der Waals surface area contributed by atoms with Crippen LogP contribution in [0.15, 0.2) is 42.5 Å². The zero-order valence-electron chi connectivity index (χ0n) is 17.1. The molecule has 158 valence electrons. The van der Waals surface area contributed by atoms with Crippen molar-refractivity contribution in [3.8, 4) is 11.5 Å². The van der Waals surface area contributed by atoms with Gasteiger partial charge in [-0.2, -0.15) is 0 Å². The zero-order chi connectivity index (χ0) is 21.3. The number of nitrogens with zero attached hydrogens (tertiary/aromatic N) is 2. The average molecular weight is 414 g/mol. The van der Waals surface area contributed by atoms with Crippen LogP contribution in [-0.2, 0) is 9.59 Å². The van der Waals surface area contributed by atoms with E-state index in [4.69, 9.17) is 9.47 Å². The number of hydrogen-bond donors (Lipinski definition) is 1. The van der Waals surface area contributed by atoms with Crippen molar-refractivity contribution in [3.63, 3.8) is 0 Å². The number of hydrogen-bond acceptors (Lipinski definition) is 5. The summed E-state index contributed by atoms with van der Waals surface area (Å²) in [5, 5.41) is 0. The van der Waals surface area contributed by atoms with Gasteiger partial charge < -0.3 is 19.3 Å². The number of carbonyl (C=O) groups is 2. The summed E-state index contributed by atoms with van der Waals surface area (Å²) in [6.45, 7) is 2.57. The second-order valence-electron chi connectivity index (χ2n) is 7.46. The highest BCUT2D eigenvalue weighted by Crippen LogP contribution is 2.34. The quantitative estimate of drug-likeness (QED) is 0.736. The molecule has 8 heteroatoms. The van der Waals surface area contributed by atoms with Gasteiger partial charge in [-0.05, 0) is 24.3 Å². The van der Waals surface area contributed by atoms with Gasteiger partial charge in [0.05, 0.1) is 58.2 Å². The first-order valence-corrected chi connectivity index (χ1v) is 9.96. The van der Waals surface area contributed by atoms with E-state index in [1.807, 2.05) is 11.0 Å². The molecule has 1 atom stereocenters. The predicted molar refractivity (Wildman–Crippen MR) is 110 cm³/mol. The molecule has 7 nitrogen and oxygen atoms in total. The molecule has 2 aromatic carbocycles. The molecule has 2 fully saturated rings. The zero-order valence-corrected chi connectivity index (χ0v) is 17.1. The summed E-state index contributed by atoms with van der Waals surface area (Å²) in [5.74, 6) is 0.290. The minimum absolute atomic E-state index is 0.156. The number of nitrogens with one attached hydrogen (secondary N) is 1. The molecular weight excluding hydrogens is 389 g/mol. The summed E-state index contributed by atoms with van der Waals surface area (Å²) in [4.78, 5) is 30.2. The Morgan fingerprint density at radius 1 is 1.00 bits per heavy atom. The van der Waals surface area contributed by atoms with Crippen LogP contribution in [0, 0.1) is 5.82 Å². The van der Waals surface area contributed by atoms with Crippen LogP contribution in [0.5, 0.6) is 11.5 Å². The number of para-hydroxylation sites is 1. The largest absolute Gasteiger partial charge is 0.497 e. The van der Waals surface area contributed by atoms with Crippen LogP contribution in [0.4, 0.5) is 15.8 Å². The standard InChI is InChI=1S/C22H24FN3O4/c1-29-15-7-8-18(20(13-15)30-2)26-21(27)14-19(22(26)28)25-11-9-24(10-12-25)17-6-4-3-5-16(17)23/h3-8,13,19H,9-12,14H2,1-2H3/p+1/t19-/m1/s1. The van der Waals surface area contributed by atoms with Gasteiger partial charge in [-0.1, -0.05) is 12.1 Å². The highest BCUT2D eigenvalue weighted by Gasteiger charge is 2.47. The maximum atomic E-state index is 14.1. The molecule has 0 bridgehead atoms. The van der Waals surface area contributed by atoms with E-state index in [-0.39, 0.29) is 24.1 Å². The van der Waals surface area contributed by atoms with E-state index >= 15 is 0 Å². The summed E-state index contributed by atoms with van der Waals surface area (Å²) in [5.41, 5.74) is 1.01. The van der Waals surface area contributed by atoms with Crippen molar-refractivity contribution in [3.05, 3.63) is 48.3 Å². The molecule has 0 spiro atoms. The number of imide groups is 1. The molecule has 0 aliphatic carbocycles. The molecule has 1 N–H and O–H groups in total. The number of halogens is 1. The smallest absolute Gasteiger partial charge is 0.292 e. The number of ether oxygens (including phenoxy) is 2. The monoisotopic (exact) mass is 414 g/mol. The van der Waals surface area contributed by atoms with E-state index in [9.17, 15) is 14.0 Å². The van der Waals surface area contributed by atoms with Crippen molar-refractivity contribution in [1.82, 2.24) is 0 Å². The highest BCUT2D eigenvalue weighted by atomic mass is 19.1. The predicted octanol–water partition coefficient (Wildman–Crippen LogP) is 0.880. The van der Waals surface area contributed by atoms with Crippen molar-refractivity contribution in [2.24, 2.45) is 0 Å². The summed E-state index contributed by atoms with van der Waals surface area (Å²) in [7, 11) is 3.04. The van der Waals surface area contributed by atoms with Crippen molar-refractivity contribution < 1.29 is 28.4 Å². The molecule has 0 unspecified atom stereocenters.